The van der Waals surface area contributed by atoms with Crippen LogP contribution < -0.4 is 0 Å². The lowest BCUT2D eigenvalue weighted by atomic mass is 10.0. The van der Waals surface area contributed by atoms with Gasteiger partial charge in [-0.05, 0) is 52.9 Å². The van der Waals surface area contributed by atoms with E-state index in [0.717, 1.165) is 25.4 Å². The summed E-state index contributed by atoms with van der Waals surface area (Å²) >= 11 is 0. The zero-order valence-electron chi connectivity index (χ0n) is 10.1. The van der Waals surface area contributed by atoms with Crippen molar-refractivity contribution in [3.8, 4) is 6.07 Å². The van der Waals surface area contributed by atoms with Gasteiger partial charge in [0.05, 0.1) is 6.07 Å². The highest BCUT2D eigenvalue weighted by Gasteiger charge is 2.20. The average Bonchev–Trinajstić information content (AvgIpc) is 2.24. The molecular formula is C12H23N3. The normalized spacial score (nSPS) is 22.9. The van der Waals surface area contributed by atoms with Gasteiger partial charge in [-0.2, -0.15) is 5.26 Å². The molecule has 1 aliphatic rings. The molecule has 0 aromatic carbocycles. The number of likely N-dealkylation sites (tertiary alicyclic amines) is 1. The minimum atomic E-state index is 0.707. The summed E-state index contributed by atoms with van der Waals surface area (Å²) in [5, 5.41) is 8.44. The van der Waals surface area contributed by atoms with Gasteiger partial charge in [0.2, 0.25) is 0 Å². The summed E-state index contributed by atoms with van der Waals surface area (Å²) in [6.45, 7) is 3.59. The summed E-state index contributed by atoms with van der Waals surface area (Å²) in [6, 6.07) is 2.93. The van der Waals surface area contributed by atoms with Crippen LogP contribution in [0.2, 0.25) is 0 Å². The molecule has 0 aromatic rings. The summed E-state index contributed by atoms with van der Waals surface area (Å²) in [6.07, 6.45) is 5.56. The Morgan fingerprint density at radius 2 is 2.27 bits per heavy atom. The van der Waals surface area contributed by atoms with Gasteiger partial charge in [-0.1, -0.05) is 0 Å². The third kappa shape index (κ3) is 4.63. The van der Waals surface area contributed by atoms with Gasteiger partial charge in [0.1, 0.15) is 0 Å². The maximum Gasteiger partial charge on any atom is 0.0621 e. The van der Waals surface area contributed by atoms with E-state index in [0.29, 0.717) is 6.42 Å². The van der Waals surface area contributed by atoms with Crippen molar-refractivity contribution in [3.05, 3.63) is 0 Å². The van der Waals surface area contributed by atoms with Crippen molar-refractivity contribution >= 4 is 0 Å². The van der Waals surface area contributed by atoms with Crippen LogP contribution in [0.1, 0.15) is 32.1 Å². The highest BCUT2D eigenvalue weighted by Crippen LogP contribution is 2.13. The molecule has 1 unspecified atom stereocenters. The molecule has 0 saturated carbocycles. The first kappa shape index (κ1) is 12.5. The van der Waals surface area contributed by atoms with Crippen LogP contribution in [-0.4, -0.2) is 49.6 Å². The topological polar surface area (TPSA) is 30.3 Å². The molecule has 0 radical (unpaired) electrons. The summed E-state index contributed by atoms with van der Waals surface area (Å²) in [7, 11) is 4.42. The molecule has 1 heterocycles. The van der Waals surface area contributed by atoms with Gasteiger partial charge in [0.15, 0.2) is 0 Å². The van der Waals surface area contributed by atoms with Crippen molar-refractivity contribution in [2.45, 2.75) is 38.1 Å². The van der Waals surface area contributed by atoms with Crippen LogP contribution in [0.15, 0.2) is 0 Å². The fraction of sp³-hybridized carbons (Fsp3) is 0.917. The molecule has 1 rings (SSSR count). The molecule has 0 aromatic heterocycles. The summed E-state index contributed by atoms with van der Waals surface area (Å²) < 4.78 is 0. The second-order valence-electron chi connectivity index (χ2n) is 4.65. The van der Waals surface area contributed by atoms with Crippen molar-refractivity contribution in [2.24, 2.45) is 0 Å². The van der Waals surface area contributed by atoms with E-state index in [2.05, 4.69) is 30.0 Å². The minimum Gasteiger partial charge on any atom is -0.305 e. The molecule has 0 N–H and O–H groups in total. The van der Waals surface area contributed by atoms with Crippen LogP contribution in [-0.2, 0) is 0 Å². The molecule has 1 aliphatic heterocycles. The van der Waals surface area contributed by atoms with Crippen LogP contribution in [0.5, 0.6) is 0 Å². The third-order valence-electron chi connectivity index (χ3n) is 3.27. The maximum atomic E-state index is 8.44. The fourth-order valence-electron chi connectivity index (χ4n) is 2.25. The van der Waals surface area contributed by atoms with E-state index < -0.39 is 0 Å². The molecule has 3 heteroatoms. The van der Waals surface area contributed by atoms with E-state index in [-0.39, 0.29) is 0 Å². The Morgan fingerprint density at radius 3 is 2.93 bits per heavy atom. The van der Waals surface area contributed by atoms with E-state index in [1.807, 2.05) is 0 Å². The average molecular weight is 209 g/mol. The predicted molar refractivity (Wildman–Crippen MR) is 62.6 cm³/mol. The number of nitrogens with zero attached hydrogens (tertiary/aromatic N) is 3. The zero-order valence-corrected chi connectivity index (χ0v) is 10.1. The van der Waals surface area contributed by atoms with Gasteiger partial charge in [0, 0.05) is 19.0 Å². The summed E-state index contributed by atoms with van der Waals surface area (Å²) in [5.41, 5.74) is 0. The van der Waals surface area contributed by atoms with Gasteiger partial charge < -0.3 is 9.80 Å². The molecule has 1 atom stereocenters. The minimum absolute atomic E-state index is 0.707. The Balaban J connectivity index is 2.15. The highest BCUT2D eigenvalue weighted by atomic mass is 15.2. The molecule has 0 spiro atoms. The molecule has 1 fully saturated rings. The number of likely N-dealkylation sites (N-methyl/N-ethyl adjacent to an activating group) is 2. The van der Waals surface area contributed by atoms with E-state index in [1.165, 1.54) is 25.9 Å². The van der Waals surface area contributed by atoms with Crippen LogP contribution >= 0.6 is 0 Å². The van der Waals surface area contributed by atoms with Crippen LogP contribution in [0.25, 0.3) is 0 Å². The fourth-order valence-corrected chi connectivity index (χ4v) is 2.25. The lowest BCUT2D eigenvalue weighted by molar-refractivity contribution is 0.133. The Hall–Kier alpha value is -0.590. The molecule has 1 saturated heterocycles. The summed E-state index contributed by atoms with van der Waals surface area (Å²) in [5.74, 6) is 0. The van der Waals surface area contributed by atoms with Crippen molar-refractivity contribution in [1.29, 1.82) is 5.26 Å². The Labute approximate surface area is 93.7 Å². The van der Waals surface area contributed by atoms with Gasteiger partial charge in [0.25, 0.3) is 0 Å². The second-order valence-corrected chi connectivity index (χ2v) is 4.65. The van der Waals surface area contributed by atoms with Gasteiger partial charge in [-0.25, -0.2) is 0 Å². The Kier molecular flexibility index (Phi) is 5.67. The van der Waals surface area contributed by atoms with Crippen LogP contribution in [0.3, 0.4) is 0 Å². The van der Waals surface area contributed by atoms with Crippen LogP contribution in [0, 0.1) is 11.3 Å². The van der Waals surface area contributed by atoms with Crippen molar-refractivity contribution in [1.82, 2.24) is 9.80 Å². The Bertz CT molecular complexity index is 209. The standard InChI is InChI=1S/C12H23N3/c1-14-9-6-7-12(11-14)15(2)10-5-3-4-8-13/h12H,3-7,9-11H2,1-2H3. The lowest BCUT2D eigenvalue weighted by Gasteiger charge is -2.35. The smallest absolute Gasteiger partial charge is 0.0621 e. The Morgan fingerprint density at radius 1 is 1.47 bits per heavy atom. The first-order valence-electron chi connectivity index (χ1n) is 5.99. The molecular weight excluding hydrogens is 186 g/mol. The lowest BCUT2D eigenvalue weighted by Crippen LogP contribution is -2.45. The quantitative estimate of drug-likeness (QED) is 0.646. The first-order valence-corrected chi connectivity index (χ1v) is 5.99. The largest absolute Gasteiger partial charge is 0.305 e. The van der Waals surface area contributed by atoms with Crippen molar-refractivity contribution < 1.29 is 0 Å². The second kappa shape index (κ2) is 6.81. The SMILES string of the molecule is CN1CCCC(N(C)CCCCC#N)C1. The summed E-state index contributed by atoms with van der Waals surface area (Å²) in [4.78, 5) is 4.88. The number of hydrogen-bond acceptors (Lipinski definition) is 3. The predicted octanol–water partition coefficient (Wildman–Crippen LogP) is 1.71. The van der Waals surface area contributed by atoms with Gasteiger partial charge in [-0.3, -0.25) is 0 Å². The maximum absolute atomic E-state index is 8.44. The van der Waals surface area contributed by atoms with E-state index in [9.17, 15) is 0 Å². The third-order valence-corrected chi connectivity index (χ3v) is 3.27. The number of piperidine rings is 1. The number of rotatable bonds is 5. The monoisotopic (exact) mass is 209 g/mol. The number of nitriles is 1. The molecule has 0 amide bonds. The molecule has 0 bridgehead atoms. The first-order chi connectivity index (χ1) is 7.24. The molecule has 86 valence electrons. The molecule has 0 aliphatic carbocycles. The van der Waals surface area contributed by atoms with E-state index in [1.54, 1.807) is 0 Å². The van der Waals surface area contributed by atoms with Crippen molar-refractivity contribution in [3.63, 3.8) is 0 Å². The van der Waals surface area contributed by atoms with Crippen molar-refractivity contribution in [2.75, 3.05) is 33.7 Å². The number of unbranched alkanes of at least 4 members (excludes halogenated alkanes) is 2. The zero-order chi connectivity index (χ0) is 11.1. The van der Waals surface area contributed by atoms with E-state index in [4.69, 9.17) is 5.26 Å². The van der Waals surface area contributed by atoms with Gasteiger partial charge >= 0.3 is 0 Å². The van der Waals surface area contributed by atoms with Crippen LogP contribution in [0.4, 0.5) is 0 Å². The molecule has 15 heavy (non-hydrogen) atoms. The highest BCUT2D eigenvalue weighted by molar-refractivity contribution is 4.77. The number of hydrogen-bond donors (Lipinski definition) is 0. The molecule has 3 nitrogen and oxygen atoms in total. The van der Waals surface area contributed by atoms with E-state index >= 15 is 0 Å². The van der Waals surface area contributed by atoms with Gasteiger partial charge in [-0.15, -0.1) is 0 Å².